The summed E-state index contributed by atoms with van der Waals surface area (Å²) < 4.78 is 45.8. The van der Waals surface area contributed by atoms with E-state index in [1.165, 1.54) is 0 Å². The van der Waals surface area contributed by atoms with Gasteiger partial charge < -0.3 is 15.1 Å². The van der Waals surface area contributed by atoms with Gasteiger partial charge in [0.15, 0.2) is 14.4 Å². The predicted octanol–water partition coefficient (Wildman–Crippen LogP) is 3.50. The molecule has 2 fully saturated rings. The summed E-state index contributed by atoms with van der Waals surface area (Å²) in [5.74, 6) is 0.999. The molecule has 5 rings (SSSR count). The predicted molar refractivity (Wildman–Crippen MR) is 143 cm³/mol. The Hall–Kier alpha value is -2.21. The Labute approximate surface area is 208 Å². The van der Waals surface area contributed by atoms with E-state index in [9.17, 15) is 17.5 Å². The second-order valence-corrected chi connectivity index (χ2v) is 13.9. The summed E-state index contributed by atoms with van der Waals surface area (Å²) in [6, 6.07) is 16.8. The Balaban J connectivity index is 1.48. The average molecular weight is 517 g/mol. The first-order valence-electron chi connectivity index (χ1n) is 12.0. The second-order valence-electron chi connectivity index (χ2n) is 9.10. The monoisotopic (exact) mass is 516 g/mol. The van der Waals surface area contributed by atoms with Gasteiger partial charge in [-0.25, -0.2) is 13.4 Å². The highest BCUT2D eigenvalue weighted by Gasteiger charge is 2.40. The molecular formula is C25H32N4O4S2. The largest absolute Gasteiger partial charge is 0.354 e. The van der Waals surface area contributed by atoms with E-state index < -0.39 is 25.0 Å². The summed E-state index contributed by atoms with van der Waals surface area (Å²) in [5.41, 5.74) is 1.60. The number of rotatable bonds is 5. The first-order valence-corrected chi connectivity index (χ1v) is 15.3. The van der Waals surface area contributed by atoms with Crippen LogP contribution in [-0.2, 0) is 9.84 Å². The van der Waals surface area contributed by atoms with Gasteiger partial charge in [0, 0.05) is 50.2 Å². The maximum absolute atomic E-state index is 13.2. The van der Waals surface area contributed by atoms with E-state index in [0.29, 0.717) is 6.54 Å². The van der Waals surface area contributed by atoms with E-state index >= 15 is 0 Å². The molecule has 2 aliphatic heterocycles. The number of sulfone groups is 1. The van der Waals surface area contributed by atoms with Crippen LogP contribution in [-0.4, -0.2) is 83.6 Å². The minimum atomic E-state index is -3.90. The van der Waals surface area contributed by atoms with Crippen molar-refractivity contribution in [2.45, 2.75) is 16.4 Å². The number of hydrogen-bond acceptors (Lipinski definition) is 8. The fraction of sp³-hybridized carbons (Fsp3) is 0.400. The molecule has 3 N–H and O–H groups in total. The fourth-order valence-electron chi connectivity index (χ4n) is 4.83. The molecule has 3 heterocycles. The zero-order valence-electron chi connectivity index (χ0n) is 19.8. The van der Waals surface area contributed by atoms with Crippen LogP contribution in [0, 0.1) is 0 Å². The lowest BCUT2D eigenvalue weighted by atomic mass is 10.1. The highest BCUT2D eigenvalue weighted by molar-refractivity contribution is 8.31. The lowest BCUT2D eigenvalue weighted by molar-refractivity contribution is 0.271. The molecule has 35 heavy (non-hydrogen) atoms. The van der Waals surface area contributed by atoms with Crippen LogP contribution in [0.4, 0.5) is 5.82 Å². The molecule has 0 spiro atoms. The van der Waals surface area contributed by atoms with Crippen molar-refractivity contribution in [1.29, 1.82) is 0 Å². The molecule has 0 aliphatic carbocycles. The molecule has 1 atom stereocenters. The first-order chi connectivity index (χ1) is 16.8. The van der Waals surface area contributed by atoms with Gasteiger partial charge in [0.2, 0.25) is 0 Å². The maximum atomic E-state index is 13.2. The van der Waals surface area contributed by atoms with Gasteiger partial charge >= 0.3 is 0 Å². The summed E-state index contributed by atoms with van der Waals surface area (Å²) in [4.78, 5) is 9.87. The van der Waals surface area contributed by atoms with E-state index in [4.69, 9.17) is 4.98 Å². The fourth-order valence-corrected chi connectivity index (χ4v) is 9.33. The van der Waals surface area contributed by atoms with Gasteiger partial charge in [0.1, 0.15) is 5.82 Å². The number of likely N-dealkylation sites (N-methyl/N-ethyl adjacent to an activating group) is 1. The SMILES string of the molecule is CCN1CCN(c2nc(-c3ccc(S(=O)(=O)C4CNCCS4(O)O)cc3)cc3ccccc23)CC1. The molecular weight excluding hydrogens is 484 g/mol. The van der Waals surface area contributed by atoms with Crippen molar-refractivity contribution in [2.24, 2.45) is 0 Å². The summed E-state index contributed by atoms with van der Waals surface area (Å²) >= 11 is 0. The molecule has 0 amide bonds. The van der Waals surface area contributed by atoms with Crippen molar-refractivity contribution in [3.05, 3.63) is 54.6 Å². The van der Waals surface area contributed by atoms with Gasteiger partial charge in [-0.05, 0) is 30.1 Å². The lowest BCUT2D eigenvalue weighted by Crippen LogP contribution is -2.46. The van der Waals surface area contributed by atoms with Crippen LogP contribution in [0.15, 0.2) is 59.5 Å². The maximum Gasteiger partial charge on any atom is 0.200 e. The quantitative estimate of drug-likeness (QED) is 0.473. The number of nitrogens with one attached hydrogen (secondary N) is 1. The molecule has 2 aliphatic rings. The van der Waals surface area contributed by atoms with Crippen LogP contribution in [0.5, 0.6) is 0 Å². The molecule has 1 unspecified atom stereocenters. The molecule has 2 aromatic carbocycles. The lowest BCUT2D eigenvalue weighted by Gasteiger charge is -2.42. The van der Waals surface area contributed by atoms with Crippen LogP contribution in [0.1, 0.15) is 6.92 Å². The molecule has 3 aromatic rings. The number of anilines is 1. The van der Waals surface area contributed by atoms with Crippen LogP contribution in [0.25, 0.3) is 22.0 Å². The van der Waals surface area contributed by atoms with Crippen molar-refractivity contribution in [3.8, 4) is 11.3 Å². The Bertz CT molecular complexity index is 1310. The third-order valence-electron chi connectivity index (χ3n) is 6.98. The molecule has 0 saturated carbocycles. The third-order valence-corrected chi connectivity index (χ3v) is 12.3. The molecule has 1 aromatic heterocycles. The number of nitrogens with zero attached hydrogens (tertiary/aromatic N) is 3. The van der Waals surface area contributed by atoms with Gasteiger partial charge in [-0.2, -0.15) is 10.6 Å². The van der Waals surface area contributed by atoms with Gasteiger partial charge in [0.25, 0.3) is 0 Å². The standard InChI is InChI=1S/C25H32N4O4S2/c1-2-28-12-14-29(15-13-28)25-22-6-4-3-5-20(22)17-23(27-25)19-7-9-21(10-8-19)35(32,33)24-18-26-11-16-34(24,30)31/h3-10,17,24,26,30-31H,2,11-16,18H2,1H3. The average Bonchev–Trinajstić information content (AvgIpc) is 2.88. The molecule has 188 valence electrons. The summed E-state index contributed by atoms with van der Waals surface area (Å²) in [5, 5.41) is 5.16. The summed E-state index contributed by atoms with van der Waals surface area (Å²) in [6.07, 6.45) is 0. The minimum absolute atomic E-state index is 0.0350. The topological polar surface area (TPSA) is 106 Å². The Morgan fingerprint density at radius 1 is 1.06 bits per heavy atom. The van der Waals surface area contributed by atoms with E-state index in [1.807, 2.05) is 18.2 Å². The second kappa shape index (κ2) is 9.68. The molecule has 10 heteroatoms. The number of benzene rings is 2. The first kappa shape index (κ1) is 24.5. The highest BCUT2D eigenvalue weighted by Crippen LogP contribution is 2.49. The molecule has 0 radical (unpaired) electrons. The summed E-state index contributed by atoms with van der Waals surface area (Å²) in [6.45, 7) is 7.48. The molecule has 2 saturated heterocycles. The zero-order chi connectivity index (χ0) is 24.6. The number of pyridine rings is 1. The van der Waals surface area contributed by atoms with Gasteiger partial charge in [-0.1, -0.05) is 43.3 Å². The van der Waals surface area contributed by atoms with Crippen LogP contribution < -0.4 is 10.2 Å². The van der Waals surface area contributed by atoms with E-state index in [2.05, 4.69) is 34.2 Å². The van der Waals surface area contributed by atoms with Crippen LogP contribution in [0.3, 0.4) is 0 Å². The van der Waals surface area contributed by atoms with Crippen LogP contribution >= 0.6 is 10.6 Å². The Morgan fingerprint density at radius 2 is 1.77 bits per heavy atom. The van der Waals surface area contributed by atoms with Crippen molar-refractivity contribution in [3.63, 3.8) is 0 Å². The minimum Gasteiger partial charge on any atom is -0.354 e. The number of piperazine rings is 1. The van der Waals surface area contributed by atoms with Crippen molar-refractivity contribution in [2.75, 3.05) is 56.5 Å². The normalized spacial score (nSPS) is 22.3. The molecule has 0 bridgehead atoms. The number of aromatic nitrogens is 1. The van der Waals surface area contributed by atoms with Gasteiger partial charge in [-0.3, -0.25) is 9.11 Å². The van der Waals surface area contributed by atoms with E-state index in [1.54, 1.807) is 24.3 Å². The van der Waals surface area contributed by atoms with Crippen molar-refractivity contribution < 1.29 is 17.5 Å². The zero-order valence-corrected chi connectivity index (χ0v) is 21.4. The van der Waals surface area contributed by atoms with E-state index in [-0.39, 0.29) is 17.2 Å². The smallest absolute Gasteiger partial charge is 0.200 e. The van der Waals surface area contributed by atoms with E-state index in [0.717, 1.165) is 60.6 Å². The third kappa shape index (κ3) is 4.78. The van der Waals surface area contributed by atoms with Crippen molar-refractivity contribution in [1.82, 2.24) is 15.2 Å². The van der Waals surface area contributed by atoms with Crippen molar-refractivity contribution >= 4 is 37.0 Å². The van der Waals surface area contributed by atoms with Gasteiger partial charge in [0.05, 0.1) is 16.3 Å². The Morgan fingerprint density at radius 3 is 2.46 bits per heavy atom. The highest BCUT2D eigenvalue weighted by atomic mass is 32.3. The van der Waals surface area contributed by atoms with Gasteiger partial charge in [-0.15, -0.1) is 0 Å². The number of fused-ring (bicyclic) bond motifs is 1. The number of hydrogen-bond donors (Lipinski definition) is 3. The van der Waals surface area contributed by atoms with Crippen LogP contribution in [0.2, 0.25) is 0 Å². The molecule has 8 nitrogen and oxygen atoms in total. The Kier molecular flexibility index (Phi) is 6.77. The summed E-state index contributed by atoms with van der Waals surface area (Å²) in [7, 11) is -7.11.